The fraction of sp³-hybridized carbons (Fsp3) is 0. The molecule has 0 rings (SSSR count). The molecule has 0 aromatic rings. The molecule has 0 saturated carbocycles. The van der Waals surface area contributed by atoms with Crippen LogP contribution in [-0.4, -0.2) is 11.1 Å². The SMILES string of the molecule is C=CC#N.C=CC(=O)O.C=CC=C. The summed E-state index contributed by atoms with van der Waals surface area (Å²) in [5.41, 5.74) is 0. The van der Waals surface area contributed by atoms with E-state index in [0.29, 0.717) is 0 Å². The molecule has 0 aliphatic rings. The maximum atomic E-state index is 9.25. The summed E-state index contributed by atoms with van der Waals surface area (Å²) >= 11 is 0. The van der Waals surface area contributed by atoms with Crippen molar-refractivity contribution in [3.8, 4) is 6.07 Å². The molecular formula is C10H13NO2. The van der Waals surface area contributed by atoms with Crippen molar-refractivity contribution in [2.24, 2.45) is 0 Å². The van der Waals surface area contributed by atoms with Gasteiger partial charge in [-0.15, -0.1) is 0 Å². The van der Waals surface area contributed by atoms with Crippen molar-refractivity contribution in [1.29, 1.82) is 5.26 Å². The summed E-state index contributed by atoms with van der Waals surface area (Å²) in [4.78, 5) is 9.25. The summed E-state index contributed by atoms with van der Waals surface area (Å²) in [6.07, 6.45) is 5.29. The predicted octanol–water partition coefficient (Wildman–Crippen LogP) is 2.31. The Morgan fingerprint density at radius 1 is 1.23 bits per heavy atom. The number of hydrogen-bond donors (Lipinski definition) is 1. The van der Waals surface area contributed by atoms with Crippen molar-refractivity contribution in [2.45, 2.75) is 0 Å². The molecule has 0 bridgehead atoms. The number of carboxylic acid groups (broad SMARTS) is 1. The summed E-state index contributed by atoms with van der Waals surface area (Å²) in [6, 6.07) is 1.69. The molecule has 0 atom stereocenters. The minimum atomic E-state index is -0.981. The molecule has 0 unspecified atom stereocenters. The van der Waals surface area contributed by atoms with Crippen molar-refractivity contribution < 1.29 is 9.90 Å². The Labute approximate surface area is 78.6 Å². The van der Waals surface area contributed by atoms with E-state index < -0.39 is 5.97 Å². The van der Waals surface area contributed by atoms with Crippen LogP contribution in [0.25, 0.3) is 0 Å². The second-order valence-corrected chi connectivity index (χ2v) is 1.35. The average Bonchev–Trinajstić information content (AvgIpc) is 2.18. The third kappa shape index (κ3) is 169. The molecule has 0 spiro atoms. The van der Waals surface area contributed by atoms with E-state index in [1.54, 1.807) is 18.2 Å². The first-order valence-corrected chi connectivity index (χ1v) is 3.20. The minimum Gasteiger partial charge on any atom is -0.478 e. The molecule has 0 fully saturated rings. The Bertz CT molecular complexity index is 205. The smallest absolute Gasteiger partial charge is 0.327 e. The largest absolute Gasteiger partial charge is 0.478 e. The molecule has 0 aromatic heterocycles. The third-order valence-corrected chi connectivity index (χ3v) is 0.433. The van der Waals surface area contributed by atoms with Crippen LogP contribution in [0.2, 0.25) is 0 Å². The van der Waals surface area contributed by atoms with Gasteiger partial charge in [-0.3, -0.25) is 0 Å². The van der Waals surface area contributed by atoms with Crippen molar-refractivity contribution in [2.75, 3.05) is 0 Å². The Balaban J connectivity index is -0.000000117. The number of rotatable bonds is 2. The minimum absolute atomic E-state index is 0.833. The Hall–Kier alpha value is -2.08. The number of carbonyl (C=O) groups is 1. The van der Waals surface area contributed by atoms with Crippen molar-refractivity contribution in [1.82, 2.24) is 0 Å². The van der Waals surface area contributed by atoms with Gasteiger partial charge in [0.25, 0.3) is 0 Å². The van der Waals surface area contributed by atoms with E-state index in [4.69, 9.17) is 10.4 Å². The van der Waals surface area contributed by atoms with Crippen LogP contribution in [0.3, 0.4) is 0 Å². The van der Waals surface area contributed by atoms with E-state index in [-0.39, 0.29) is 0 Å². The van der Waals surface area contributed by atoms with Gasteiger partial charge < -0.3 is 5.11 Å². The van der Waals surface area contributed by atoms with E-state index in [9.17, 15) is 4.79 Å². The van der Waals surface area contributed by atoms with Gasteiger partial charge in [0.1, 0.15) is 0 Å². The molecule has 0 aliphatic heterocycles. The van der Waals surface area contributed by atoms with Crippen LogP contribution >= 0.6 is 0 Å². The molecule has 0 aromatic carbocycles. The number of allylic oxidation sites excluding steroid dienone is 3. The highest BCUT2D eigenvalue weighted by atomic mass is 16.4. The summed E-state index contributed by atoms with van der Waals surface area (Å²) in [5, 5.41) is 15.1. The molecule has 70 valence electrons. The van der Waals surface area contributed by atoms with Gasteiger partial charge in [0.2, 0.25) is 0 Å². The number of hydrogen-bond acceptors (Lipinski definition) is 2. The van der Waals surface area contributed by atoms with Crippen LogP contribution in [0, 0.1) is 11.3 Å². The van der Waals surface area contributed by atoms with Crippen LogP contribution in [0.1, 0.15) is 0 Å². The second-order valence-electron chi connectivity index (χ2n) is 1.35. The van der Waals surface area contributed by atoms with Crippen LogP contribution in [0.4, 0.5) is 0 Å². The highest BCUT2D eigenvalue weighted by Crippen LogP contribution is 1.54. The van der Waals surface area contributed by atoms with Crippen molar-refractivity contribution >= 4 is 5.97 Å². The van der Waals surface area contributed by atoms with Gasteiger partial charge in [-0.2, -0.15) is 5.26 Å². The molecule has 3 heteroatoms. The predicted molar refractivity (Wildman–Crippen MR) is 54.0 cm³/mol. The zero-order valence-electron chi connectivity index (χ0n) is 7.44. The van der Waals surface area contributed by atoms with Crippen LogP contribution in [0.5, 0.6) is 0 Å². The van der Waals surface area contributed by atoms with Gasteiger partial charge in [-0.05, 0) is 0 Å². The van der Waals surface area contributed by atoms with E-state index in [0.717, 1.165) is 6.08 Å². The van der Waals surface area contributed by atoms with Gasteiger partial charge in [0.05, 0.1) is 6.07 Å². The van der Waals surface area contributed by atoms with Gasteiger partial charge in [0, 0.05) is 12.2 Å². The Morgan fingerprint density at radius 2 is 1.46 bits per heavy atom. The van der Waals surface area contributed by atoms with E-state index in [1.807, 2.05) is 0 Å². The summed E-state index contributed by atoms with van der Waals surface area (Å²) in [6.45, 7) is 12.8. The van der Waals surface area contributed by atoms with Crippen molar-refractivity contribution in [3.63, 3.8) is 0 Å². The Morgan fingerprint density at radius 3 is 1.46 bits per heavy atom. The molecule has 3 nitrogen and oxygen atoms in total. The topological polar surface area (TPSA) is 61.1 Å². The lowest BCUT2D eigenvalue weighted by Gasteiger charge is -1.64. The zero-order valence-corrected chi connectivity index (χ0v) is 7.44. The first kappa shape index (κ1) is 17.1. The van der Waals surface area contributed by atoms with E-state index >= 15 is 0 Å². The van der Waals surface area contributed by atoms with Gasteiger partial charge in [0.15, 0.2) is 0 Å². The lowest BCUT2D eigenvalue weighted by atomic mass is 10.6. The fourth-order valence-corrected chi connectivity index (χ4v) is 0. The Kier molecular flexibility index (Phi) is 29.7. The highest BCUT2D eigenvalue weighted by Gasteiger charge is 1.73. The van der Waals surface area contributed by atoms with Gasteiger partial charge >= 0.3 is 5.97 Å². The maximum absolute atomic E-state index is 9.25. The fourth-order valence-electron chi connectivity index (χ4n) is 0. The molecule has 0 aliphatic carbocycles. The first-order chi connectivity index (χ1) is 6.10. The van der Waals surface area contributed by atoms with Crippen LogP contribution in [-0.2, 0) is 4.79 Å². The van der Waals surface area contributed by atoms with Gasteiger partial charge in [-0.25, -0.2) is 4.79 Å². The second kappa shape index (κ2) is 22.5. The number of nitriles is 1. The average molecular weight is 179 g/mol. The summed E-state index contributed by atoms with van der Waals surface area (Å²) in [7, 11) is 0. The monoisotopic (exact) mass is 179 g/mol. The molecule has 0 radical (unpaired) electrons. The first-order valence-electron chi connectivity index (χ1n) is 3.20. The van der Waals surface area contributed by atoms with E-state index in [1.165, 1.54) is 6.08 Å². The normalized spacial score (nSPS) is 5.15. The third-order valence-electron chi connectivity index (χ3n) is 0.433. The highest BCUT2D eigenvalue weighted by molar-refractivity contribution is 5.78. The van der Waals surface area contributed by atoms with E-state index in [2.05, 4.69) is 26.3 Å². The summed E-state index contributed by atoms with van der Waals surface area (Å²) < 4.78 is 0. The summed E-state index contributed by atoms with van der Waals surface area (Å²) in [5.74, 6) is -0.981. The lowest BCUT2D eigenvalue weighted by molar-refractivity contribution is -0.131. The molecule has 0 amide bonds. The lowest BCUT2D eigenvalue weighted by Crippen LogP contribution is -1.82. The molecular weight excluding hydrogens is 166 g/mol. The van der Waals surface area contributed by atoms with Crippen LogP contribution in [0.15, 0.2) is 50.6 Å². The van der Waals surface area contributed by atoms with Gasteiger partial charge in [-0.1, -0.05) is 38.5 Å². The van der Waals surface area contributed by atoms with Crippen LogP contribution < -0.4 is 0 Å². The number of carboxylic acids is 1. The zero-order chi connectivity index (χ0) is 11.1. The maximum Gasteiger partial charge on any atom is 0.327 e. The molecule has 0 saturated heterocycles. The molecule has 0 heterocycles. The number of nitrogens with zero attached hydrogens (tertiary/aromatic N) is 1. The quantitative estimate of drug-likeness (QED) is 0.402. The van der Waals surface area contributed by atoms with Crippen molar-refractivity contribution in [3.05, 3.63) is 50.6 Å². The molecule has 13 heavy (non-hydrogen) atoms. The standard InChI is InChI=1S/C4H6.C3H3N.C3H4O2/c1-3-4-2;1-2-3-4;1-2-3(4)5/h3-4H,1-2H2;2H,1H2;2H,1H2,(H,4,5). The number of aliphatic carboxylic acids is 1. The molecule has 1 N–H and O–H groups in total.